The first-order valence-electron chi connectivity index (χ1n) is 10.1. The van der Waals surface area contributed by atoms with Crippen LogP contribution >= 0.6 is 0 Å². The number of aryl methyl sites for hydroxylation is 1. The average Bonchev–Trinajstić information content (AvgIpc) is 3.24. The van der Waals surface area contributed by atoms with Crippen molar-refractivity contribution in [3.63, 3.8) is 0 Å². The van der Waals surface area contributed by atoms with Crippen LogP contribution in [0.3, 0.4) is 0 Å². The van der Waals surface area contributed by atoms with E-state index in [1.807, 2.05) is 0 Å². The molecule has 0 aliphatic heterocycles. The van der Waals surface area contributed by atoms with E-state index in [-0.39, 0.29) is 0 Å². The molecule has 1 fully saturated rings. The zero-order valence-electron chi connectivity index (χ0n) is 15.7. The molecule has 134 valence electrons. The topological polar surface area (TPSA) is 18.1 Å². The van der Waals surface area contributed by atoms with Gasteiger partial charge in [0.1, 0.15) is 11.2 Å². The standard InChI is InChI=1S/C25H23NO/c1-26-21-10-6-5-9-19(21)24-22(26)13-12-18-20-15-17(16-7-3-2-4-8-16)11-14-23(20)27-25(18)24/h5-6,9-16H,2-4,7-8H2,1H3. The predicted octanol–water partition coefficient (Wildman–Crippen LogP) is 7.28. The molecule has 0 atom stereocenters. The van der Waals surface area contributed by atoms with Gasteiger partial charge in [0.15, 0.2) is 0 Å². The second-order valence-electron chi connectivity index (χ2n) is 8.11. The summed E-state index contributed by atoms with van der Waals surface area (Å²) in [6, 6.07) is 20.0. The van der Waals surface area contributed by atoms with Gasteiger partial charge in [-0.15, -0.1) is 0 Å². The van der Waals surface area contributed by atoms with E-state index in [1.54, 1.807) is 0 Å². The van der Waals surface area contributed by atoms with Crippen molar-refractivity contribution in [3.8, 4) is 0 Å². The molecule has 2 aromatic heterocycles. The summed E-state index contributed by atoms with van der Waals surface area (Å²) in [6.45, 7) is 0. The van der Waals surface area contributed by atoms with Gasteiger partial charge in [-0.1, -0.05) is 43.5 Å². The Morgan fingerprint density at radius 3 is 2.56 bits per heavy atom. The molecule has 1 saturated carbocycles. The van der Waals surface area contributed by atoms with E-state index in [1.165, 1.54) is 70.2 Å². The van der Waals surface area contributed by atoms with Crippen molar-refractivity contribution in [2.24, 2.45) is 7.05 Å². The third kappa shape index (κ3) is 2.13. The van der Waals surface area contributed by atoms with E-state index in [0.717, 1.165) is 17.1 Å². The number of rotatable bonds is 1. The molecule has 5 aromatic rings. The summed E-state index contributed by atoms with van der Waals surface area (Å²) in [7, 11) is 2.14. The van der Waals surface area contributed by atoms with Crippen LogP contribution in [0.2, 0.25) is 0 Å². The molecule has 0 bridgehead atoms. The molecule has 0 N–H and O–H groups in total. The van der Waals surface area contributed by atoms with Gasteiger partial charge >= 0.3 is 0 Å². The molecular formula is C25H23NO. The smallest absolute Gasteiger partial charge is 0.145 e. The summed E-state index contributed by atoms with van der Waals surface area (Å²) in [5.74, 6) is 0.717. The fraction of sp³-hybridized carbons (Fsp3) is 0.280. The first-order valence-corrected chi connectivity index (χ1v) is 10.1. The summed E-state index contributed by atoms with van der Waals surface area (Å²) in [6.07, 6.45) is 6.78. The number of hydrogen-bond donors (Lipinski definition) is 0. The number of furan rings is 1. The maximum Gasteiger partial charge on any atom is 0.145 e. The molecule has 0 unspecified atom stereocenters. The van der Waals surface area contributed by atoms with Crippen molar-refractivity contribution in [1.29, 1.82) is 0 Å². The van der Waals surface area contributed by atoms with Crippen molar-refractivity contribution in [3.05, 3.63) is 60.2 Å². The highest BCUT2D eigenvalue weighted by molar-refractivity contribution is 6.23. The fourth-order valence-corrected chi connectivity index (χ4v) is 5.18. The van der Waals surface area contributed by atoms with Crippen LogP contribution in [-0.2, 0) is 7.05 Å². The number of fused-ring (bicyclic) bond motifs is 7. The zero-order valence-corrected chi connectivity index (χ0v) is 15.7. The molecule has 3 aromatic carbocycles. The Bertz CT molecular complexity index is 1310. The molecule has 27 heavy (non-hydrogen) atoms. The Hall–Kier alpha value is -2.74. The van der Waals surface area contributed by atoms with Crippen LogP contribution < -0.4 is 0 Å². The number of benzene rings is 3. The molecule has 2 nitrogen and oxygen atoms in total. The Balaban J connectivity index is 1.67. The van der Waals surface area contributed by atoms with Crippen LogP contribution in [0.4, 0.5) is 0 Å². The van der Waals surface area contributed by atoms with Crippen molar-refractivity contribution in [2.75, 3.05) is 0 Å². The number of nitrogens with zero attached hydrogens (tertiary/aromatic N) is 1. The molecule has 0 amide bonds. The van der Waals surface area contributed by atoms with Gasteiger partial charge < -0.3 is 8.98 Å². The van der Waals surface area contributed by atoms with Gasteiger partial charge in [0.25, 0.3) is 0 Å². The number of aromatic nitrogens is 1. The van der Waals surface area contributed by atoms with Gasteiger partial charge in [-0.05, 0) is 54.7 Å². The molecule has 6 rings (SSSR count). The van der Waals surface area contributed by atoms with E-state index in [2.05, 4.69) is 66.2 Å². The first kappa shape index (κ1) is 15.3. The molecule has 0 saturated heterocycles. The van der Waals surface area contributed by atoms with Crippen LogP contribution in [0.1, 0.15) is 43.6 Å². The van der Waals surface area contributed by atoms with Gasteiger partial charge in [0.2, 0.25) is 0 Å². The number of hydrogen-bond acceptors (Lipinski definition) is 1. The van der Waals surface area contributed by atoms with Gasteiger partial charge in [-0.3, -0.25) is 0 Å². The first-order chi connectivity index (χ1) is 13.3. The second-order valence-corrected chi connectivity index (χ2v) is 8.11. The van der Waals surface area contributed by atoms with Gasteiger partial charge in [0.05, 0.1) is 10.9 Å². The van der Waals surface area contributed by atoms with E-state index >= 15 is 0 Å². The van der Waals surface area contributed by atoms with E-state index in [9.17, 15) is 0 Å². The van der Waals surface area contributed by atoms with Crippen LogP contribution in [0.25, 0.3) is 43.7 Å². The highest BCUT2D eigenvalue weighted by Gasteiger charge is 2.19. The minimum Gasteiger partial charge on any atom is -0.455 e. The SMILES string of the molecule is Cn1c2ccccc2c2c3oc4ccc(C5CCCCC5)cc4c3ccc21. The summed E-state index contributed by atoms with van der Waals surface area (Å²) in [4.78, 5) is 0. The van der Waals surface area contributed by atoms with Crippen molar-refractivity contribution >= 4 is 43.7 Å². The lowest BCUT2D eigenvalue weighted by Crippen LogP contribution is -2.03. The van der Waals surface area contributed by atoms with Gasteiger partial charge in [-0.2, -0.15) is 0 Å². The lowest BCUT2D eigenvalue weighted by molar-refractivity contribution is 0.444. The van der Waals surface area contributed by atoms with Crippen molar-refractivity contribution < 1.29 is 4.42 Å². The van der Waals surface area contributed by atoms with Gasteiger partial charge in [0, 0.05) is 28.7 Å². The molecule has 0 spiro atoms. The minimum absolute atomic E-state index is 0.717. The lowest BCUT2D eigenvalue weighted by Gasteiger charge is -2.21. The molecule has 1 aliphatic rings. The summed E-state index contributed by atoms with van der Waals surface area (Å²) >= 11 is 0. The Kier molecular flexibility index (Phi) is 3.19. The van der Waals surface area contributed by atoms with Gasteiger partial charge in [-0.25, -0.2) is 0 Å². The quantitative estimate of drug-likeness (QED) is 0.310. The average molecular weight is 353 g/mol. The maximum absolute atomic E-state index is 6.42. The maximum atomic E-state index is 6.42. The Morgan fingerprint density at radius 1 is 0.815 bits per heavy atom. The summed E-state index contributed by atoms with van der Waals surface area (Å²) < 4.78 is 8.68. The Labute approximate surface area is 158 Å². The van der Waals surface area contributed by atoms with Crippen LogP contribution in [-0.4, -0.2) is 4.57 Å². The molecule has 2 heteroatoms. The fourth-order valence-electron chi connectivity index (χ4n) is 5.18. The molecular weight excluding hydrogens is 330 g/mol. The third-order valence-corrected chi connectivity index (χ3v) is 6.61. The zero-order chi connectivity index (χ0) is 18.0. The predicted molar refractivity (Wildman–Crippen MR) is 114 cm³/mol. The lowest BCUT2D eigenvalue weighted by atomic mass is 9.84. The third-order valence-electron chi connectivity index (χ3n) is 6.61. The summed E-state index contributed by atoms with van der Waals surface area (Å²) in [5, 5.41) is 5.02. The molecule has 2 heterocycles. The highest BCUT2D eigenvalue weighted by Crippen LogP contribution is 2.40. The normalized spacial score (nSPS) is 16.2. The van der Waals surface area contributed by atoms with Crippen molar-refractivity contribution in [1.82, 2.24) is 4.57 Å². The Morgan fingerprint density at radius 2 is 1.67 bits per heavy atom. The monoisotopic (exact) mass is 353 g/mol. The van der Waals surface area contributed by atoms with Crippen LogP contribution in [0.15, 0.2) is 59.0 Å². The summed E-state index contributed by atoms with van der Waals surface area (Å²) in [5.41, 5.74) is 6.01. The minimum atomic E-state index is 0.717. The van der Waals surface area contributed by atoms with E-state index in [0.29, 0.717) is 0 Å². The second kappa shape index (κ2) is 5.63. The van der Waals surface area contributed by atoms with Crippen LogP contribution in [0.5, 0.6) is 0 Å². The largest absolute Gasteiger partial charge is 0.455 e. The molecule has 0 radical (unpaired) electrons. The van der Waals surface area contributed by atoms with Crippen molar-refractivity contribution in [2.45, 2.75) is 38.0 Å². The number of para-hydroxylation sites is 1. The van der Waals surface area contributed by atoms with E-state index in [4.69, 9.17) is 4.42 Å². The van der Waals surface area contributed by atoms with Crippen LogP contribution in [0, 0.1) is 0 Å². The molecule has 1 aliphatic carbocycles. The van der Waals surface area contributed by atoms with E-state index < -0.39 is 0 Å². The highest BCUT2D eigenvalue weighted by atomic mass is 16.3.